The van der Waals surface area contributed by atoms with E-state index < -0.39 is 10.3 Å². The van der Waals surface area contributed by atoms with Crippen molar-refractivity contribution in [2.75, 3.05) is 0 Å². The van der Waals surface area contributed by atoms with Crippen molar-refractivity contribution in [2.45, 2.75) is 155 Å². The number of fused-ring (bicyclic) bond motifs is 10. The van der Waals surface area contributed by atoms with E-state index in [1.165, 1.54) is 24.8 Å². The number of carbonyl (C=O) groups excluding carboxylic acids is 4. The van der Waals surface area contributed by atoms with Gasteiger partial charge in [0.15, 0.2) is 11.6 Å². The van der Waals surface area contributed by atoms with Crippen LogP contribution in [0.3, 0.4) is 0 Å². The van der Waals surface area contributed by atoms with Gasteiger partial charge in [-0.05, 0) is 166 Å². The molecular weight excluding hydrogens is 675 g/mol. The van der Waals surface area contributed by atoms with Gasteiger partial charge in [-0.3, -0.25) is 19.2 Å². The molecule has 0 N–H and O–H groups in total. The summed E-state index contributed by atoms with van der Waals surface area (Å²) in [5.41, 5.74) is 1.68. The van der Waals surface area contributed by atoms with E-state index in [9.17, 15) is 19.2 Å². The van der Waals surface area contributed by atoms with Gasteiger partial charge >= 0.3 is 0 Å². The maximum Gasteiger partial charge on any atom is 0.174 e. The Morgan fingerprint density at radius 1 is 0.633 bits per heavy atom. The van der Waals surface area contributed by atoms with Crippen molar-refractivity contribution >= 4 is 57.9 Å². The van der Waals surface area contributed by atoms with Gasteiger partial charge < -0.3 is 0 Å². The number of Topliss-reactive ketones (excluding diaryl/α,β-unsaturated/α-hetero) is 4. The van der Waals surface area contributed by atoms with Gasteiger partial charge in [0.05, 0.1) is 9.91 Å². The Labute approximate surface area is 310 Å². The molecule has 0 bridgehead atoms. The summed E-state index contributed by atoms with van der Waals surface area (Å²) in [7, 11) is 0. The number of ketones is 4. The Balaban J connectivity index is 0.000000154. The molecule has 7 fully saturated rings. The van der Waals surface area contributed by atoms with Crippen LogP contribution < -0.4 is 0 Å². The van der Waals surface area contributed by atoms with Crippen LogP contribution in [-0.4, -0.2) is 33.4 Å². The van der Waals surface area contributed by atoms with Crippen LogP contribution in [-0.2, 0) is 19.2 Å². The summed E-state index contributed by atoms with van der Waals surface area (Å²) >= 11 is 20.2. The smallest absolute Gasteiger partial charge is 0.174 e. The van der Waals surface area contributed by atoms with Gasteiger partial charge in [-0.25, -0.2) is 0 Å². The summed E-state index contributed by atoms with van der Waals surface area (Å²) < 4.78 is 0. The summed E-state index contributed by atoms with van der Waals surface area (Å²) in [6, 6.07) is 0. The molecule has 0 aromatic rings. The van der Waals surface area contributed by atoms with E-state index in [-0.39, 0.29) is 45.1 Å². The molecule has 272 valence electrons. The van der Waals surface area contributed by atoms with E-state index in [0.717, 1.165) is 70.6 Å². The molecule has 0 amide bonds. The first-order chi connectivity index (χ1) is 22.9. The Morgan fingerprint density at radius 3 is 1.76 bits per heavy atom. The summed E-state index contributed by atoms with van der Waals surface area (Å²) in [5, 5.41) is 0.0132. The molecule has 0 heterocycles. The molecule has 8 rings (SSSR count). The first-order valence-corrected chi connectivity index (χ1v) is 20.9. The van der Waals surface area contributed by atoms with Crippen LogP contribution in [0.4, 0.5) is 0 Å². The average Bonchev–Trinajstić information content (AvgIpc) is 3.60. The zero-order valence-electron chi connectivity index (χ0n) is 30.8. The van der Waals surface area contributed by atoms with Gasteiger partial charge in [-0.15, -0.1) is 23.2 Å². The Bertz CT molecular complexity index is 1470. The van der Waals surface area contributed by atoms with Gasteiger partial charge in [0.2, 0.25) is 0 Å². The fourth-order valence-electron chi connectivity index (χ4n) is 15.0. The van der Waals surface area contributed by atoms with Crippen molar-refractivity contribution in [1.29, 1.82) is 0 Å². The zero-order valence-corrected chi connectivity index (χ0v) is 33.0. The summed E-state index contributed by atoms with van der Waals surface area (Å²) in [6.45, 7) is 13.0. The molecule has 14 atom stereocenters. The third kappa shape index (κ3) is 5.15. The highest BCUT2D eigenvalue weighted by atomic mass is 35.5. The molecule has 7 saturated carbocycles. The van der Waals surface area contributed by atoms with Crippen LogP contribution in [0.25, 0.3) is 0 Å². The first kappa shape index (κ1) is 36.6. The largest absolute Gasteiger partial charge is 0.300 e. The highest BCUT2D eigenvalue weighted by molar-refractivity contribution is 6.43. The minimum atomic E-state index is -0.586. The van der Waals surface area contributed by atoms with E-state index in [4.69, 9.17) is 34.8 Å². The summed E-state index contributed by atoms with van der Waals surface area (Å²) in [4.78, 5) is 48.1. The third-order valence-electron chi connectivity index (χ3n) is 17.7. The van der Waals surface area contributed by atoms with Gasteiger partial charge in [0.25, 0.3) is 0 Å². The van der Waals surface area contributed by atoms with Crippen molar-refractivity contribution in [2.24, 2.45) is 69.0 Å². The van der Waals surface area contributed by atoms with Crippen LogP contribution in [0, 0.1) is 69.0 Å². The second kappa shape index (κ2) is 12.4. The molecule has 0 aliphatic heterocycles. The SMILES string of the molecule is CC(=O)[C@H]1CC[C@H]2[C@@H]3CCC4(Cl)C(Cl)C(=O)CC[C@]4(C)[C@H]3CC[C@]12C.CC(=O)[C@H]1CC[C@H]2[C@@H]3CCC4=C(Cl)C(=O)CC[C@]4(C)[C@H]3CC[C@]12C. The fraction of sp³-hybridized carbons (Fsp3) is 0.857. The molecule has 49 heavy (non-hydrogen) atoms. The van der Waals surface area contributed by atoms with E-state index in [2.05, 4.69) is 27.7 Å². The molecule has 0 aromatic carbocycles. The molecule has 0 radical (unpaired) electrons. The van der Waals surface area contributed by atoms with E-state index >= 15 is 0 Å². The minimum absolute atomic E-state index is 0.0621. The Kier molecular flexibility index (Phi) is 9.29. The minimum Gasteiger partial charge on any atom is -0.300 e. The fourth-order valence-corrected chi connectivity index (χ4v) is 16.3. The van der Waals surface area contributed by atoms with Gasteiger partial charge in [-0.1, -0.05) is 39.3 Å². The molecule has 8 aliphatic carbocycles. The molecule has 8 aliphatic rings. The van der Waals surface area contributed by atoms with Gasteiger partial charge in [0.1, 0.15) is 16.9 Å². The second-order valence-corrected chi connectivity index (χ2v) is 20.6. The van der Waals surface area contributed by atoms with Crippen molar-refractivity contribution in [1.82, 2.24) is 0 Å². The van der Waals surface area contributed by atoms with Crippen LogP contribution in [0.15, 0.2) is 10.6 Å². The predicted octanol–water partition coefficient (Wildman–Crippen LogP) is 10.7. The van der Waals surface area contributed by atoms with Crippen molar-refractivity contribution < 1.29 is 19.2 Å². The molecule has 7 heteroatoms. The van der Waals surface area contributed by atoms with E-state index in [0.29, 0.717) is 64.9 Å². The normalized spacial score (nSPS) is 51.7. The molecule has 0 spiro atoms. The van der Waals surface area contributed by atoms with Crippen molar-refractivity contribution in [3.63, 3.8) is 0 Å². The van der Waals surface area contributed by atoms with Crippen LogP contribution in [0.5, 0.6) is 0 Å². The Hall–Kier alpha value is -0.710. The standard InChI is InChI=1S/C21H30Cl2O2.C21H29ClO2/c1-12(24)14-4-5-15-13-6-11-21(23)18(22)17(25)8-10-20(21,3)16(13)7-9-19(14,15)2;1-12(23)14-6-7-15-13-4-5-17-19(22)18(24)9-11-21(17,3)16(13)8-10-20(14,15)2/h13-16,18H,4-11H2,1-3H3;13-16H,4-11H2,1-3H3/t13-,14+,15-,16-,18?,19+,20+,21?;13-,14+,15-,16-,20+,21+/m00/s1. The third-order valence-corrected chi connectivity index (χ3v) is 19.7. The maximum absolute atomic E-state index is 12.3. The topological polar surface area (TPSA) is 68.3 Å². The number of halogens is 3. The molecular formula is C42H59Cl3O4. The lowest BCUT2D eigenvalue weighted by Gasteiger charge is -2.63. The number of hydrogen-bond acceptors (Lipinski definition) is 4. The summed E-state index contributed by atoms with van der Waals surface area (Å²) in [5.74, 6) is 5.40. The lowest BCUT2D eigenvalue weighted by atomic mass is 9.44. The predicted molar refractivity (Wildman–Crippen MR) is 197 cm³/mol. The second-order valence-electron chi connectivity index (χ2n) is 19.1. The number of hydrogen-bond donors (Lipinski definition) is 0. The molecule has 4 nitrogen and oxygen atoms in total. The molecule has 0 aromatic heterocycles. The average molecular weight is 734 g/mol. The van der Waals surface area contributed by atoms with E-state index in [1.54, 1.807) is 13.8 Å². The van der Waals surface area contributed by atoms with Crippen molar-refractivity contribution in [3.8, 4) is 0 Å². The zero-order chi connectivity index (χ0) is 35.5. The molecule has 0 saturated heterocycles. The number of carbonyl (C=O) groups is 4. The van der Waals surface area contributed by atoms with E-state index in [1.807, 2.05) is 0 Å². The highest BCUT2D eigenvalue weighted by Gasteiger charge is 2.67. The number of alkyl halides is 2. The Morgan fingerprint density at radius 2 is 1.18 bits per heavy atom. The number of rotatable bonds is 2. The van der Waals surface area contributed by atoms with Gasteiger partial charge in [0, 0.05) is 24.7 Å². The van der Waals surface area contributed by atoms with Crippen LogP contribution in [0.1, 0.15) is 144 Å². The first-order valence-electron chi connectivity index (χ1n) is 19.7. The van der Waals surface area contributed by atoms with Crippen LogP contribution >= 0.6 is 34.8 Å². The van der Waals surface area contributed by atoms with Crippen LogP contribution in [0.2, 0.25) is 0 Å². The number of allylic oxidation sites excluding steroid dienone is 1. The van der Waals surface area contributed by atoms with Crippen molar-refractivity contribution in [3.05, 3.63) is 10.6 Å². The quantitative estimate of drug-likeness (QED) is 0.265. The highest BCUT2D eigenvalue weighted by Crippen LogP contribution is 2.70. The molecule has 2 unspecified atom stereocenters. The summed E-state index contributed by atoms with van der Waals surface area (Å²) in [6.07, 6.45) is 16.2. The lowest BCUT2D eigenvalue weighted by Crippen LogP contribution is -2.64. The maximum atomic E-state index is 12.3. The lowest BCUT2D eigenvalue weighted by molar-refractivity contribution is -0.138. The monoisotopic (exact) mass is 732 g/mol. The van der Waals surface area contributed by atoms with Gasteiger partial charge in [-0.2, -0.15) is 0 Å².